The molecule has 1 N–H and O–H groups in total. The monoisotopic (exact) mass is 389 g/mol. The van der Waals surface area contributed by atoms with E-state index in [1.807, 2.05) is 6.92 Å². The summed E-state index contributed by atoms with van der Waals surface area (Å²) in [5.41, 5.74) is 1.23. The summed E-state index contributed by atoms with van der Waals surface area (Å²) in [5, 5.41) is 10.5. The van der Waals surface area contributed by atoms with Crippen molar-refractivity contribution in [1.29, 1.82) is 0 Å². The number of hydrogen-bond acceptors (Lipinski definition) is 5. The van der Waals surface area contributed by atoms with Gasteiger partial charge in [-0.15, -0.1) is 0 Å². The highest BCUT2D eigenvalue weighted by atomic mass is 35.5. The summed E-state index contributed by atoms with van der Waals surface area (Å²) in [7, 11) is 0. The number of amides is 2. The lowest BCUT2D eigenvalue weighted by Gasteiger charge is -2.12. The first kappa shape index (κ1) is 18.4. The molecular weight excluding hydrogens is 374 g/mol. The molecule has 0 radical (unpaired) electrons. The molecule has 3 rings (SSSR count). The molecule has 0 atom stereocenters. The fourth-order valence-corrected chi connectivity index (χ4v) is 3.43. The number of para-hydroxylation sites is 1. The maximum atomic E-state index is 12.6. The highest BCUT2D eigenvalue weighted by molar-refractivity contribution is 8.18. The smallest absolute Gasteiger partial charge is 0.293 e. The zero-order valence-electron chi connectivity index (χ0n) is 13.9. The van der Waals surface area contributed by atoms with Crippen molar-refractivity contribution in [1.82, 2.24) is 4.90 Å². The molecule has 7 heteroatoms. The van der Waals surface area contributed by atoms with E-state index in [1.54, 1.807) is 42.5 Å². The number of benzene rings is 2. The van der Waals surface area contributed by atoms with Gasteiger partial charge in [-0.2, -0.15) is 0 Å². The average molecular weight is 390 g/mol. The molecule has 0 saturated carbocycles. The zero-order chi connectivity index (χ0) is 18.7. The third-order valence-electron chi connectivity index (χ3n) is 3.74. The van der Waals surface area contributed by atoms with Crippen molar-refractivity contribution >= 4 is 40.6 Å². The molecule has 1 heterocycles. The molecule has 0 aliphatic carbocycles. The molecule has 26 heavy (non-hydrogen) atoms. The summed E-state index contributed by atoms with van der Waals surface area (Å²) in [6, 6.07) is 12.0. The summed E-state index contributed by atoms with van der Waals surface area (Å²) in [4.78, 5) is 26.2. The van der Waals surface area contributed by atoms with Crippen LogP contribution in [0.2, 0.25) is 5.02 Å². The van der Waals surface area contributed by atoms with Crippen LogP contribution >= 0.6 is 23.4 Å². The second-order valence-electron chi connectivity index (χ2n) is 5.52. The zero-order valence-corrected chi connectivity index (χ0v) is 15.5. The predicted octanol–water partition coefficient (Wildman–Crippen LogP) is 4.68. The minimum absolute atomic E-state index is 0.0566. The highest BCUT2D eigenvalue weighted by Gasteiger charge is 2.35. The van der Waals surface area contributed by atoms with Crippen LogP contribution in [0.1, 0.15) is 18.1 Å². The van der Waals surface area contributed by atoms with Gasteiger partial charge in [-0.05, 0) is 48.5 Å². The van der Waals surface area contributed by atoms with Gasteiger partial charge in [0, 0.05) is 10.6 Å². The summed E-state index contributed by atoms with van der Waals surface area (Å²) in [6.07, 6.45) is 1.50. The van der Waals surface area contributed by atoms with Crippen LogP contribution in [0.4, 0.5) is 4.79 Å². The molecule has 2 aromatic rings. The van der Waals surface area contributed by atoms with Gasteiger partial charge in [-0.3, -0.25) is 14.5 Å². The third-order valence-corrected chi connectivity index (χ3v) is 4.90. The van der Waals surface area contributed by atoms with Gasteiger partial charge in [-0.1, -0.05) is 35.9 Å². The van der Waals surface area contributed by atoms with E-state index in [2.05, 4.69) is 0 Å². The number of thioether (sulfide) groups is 1. The van der Waals surface area contributed by atoms with Crippen molar-refractivity contribution in [3.05, 3.63) is 63.5 Å². The second kappa shape index (κ2) is 7.85. The average Bonchev–Trinajstić information content (AvgIpc) is 2.88. The molecule has 2 aromatic carbocycles. The number of halogens is 1. The summed E-state index contributed by atoms with van der Waals surface area (Å²) >= 11 is 6.70. The Hall–Kier alpha value is -2.44. The van der Waals surface area contributed by atoms with E-state index in [0.29, 0.717) is 22.9 Å². The highest BCUT2D eigenvalue weighted by Crippen LogP contribution is 2.37. The maximum Gasteiger partial charge on any atom is 0.293 e. The van der Waals surface area contributed by atoms with Crippen LogP contribution in [-0.2, 0) is 11.3 Å². The maximum absolute atomic E-state index is 12.6. The Morgan fingerprint density at radius 2 is 1.92 bits per heavy atom. The van der Waals surface area contributed by atoms with E-state index in [4.69, 9.17) is 16.3 Å². The van der Waals surface area contributed by atoms with Crippen molar-refractivity contribution < 1.29 is 19.4 Å². The SMILES string of the molecule is CCOc1cccc(/C=C2/SC(=O)N(Cc3ccc(Cl)cc3)C2=O)c1O. The number of ether oxygens (including phenoxy) is 1. The number of carbonyl (C=O) groups is 2. The Kier molecular flexibility index (Phi) is 5.54. The first-order valence-electron chi connectivity index (χ1n) is 7.94. The second-order valence-corrected chi connectivity index (χ2v) is 6.95. The number of carbonyl (C=O) groups excluding carboxylic acids is 2. The molecule has 0 unspecified atom stereocenters. The Morgan fingerprint density at radius 3 is 2.62 bits per heavy atom. The predicted molar refractivity (Wildman–Crippen MR) is 102 cm³/mol. The molecular formula is C19H16ClNO4S. The molecule has 0 spiro atoms. The largest absolute Gasteiger partial charge is 0.504 e. The molecule has 1 saturated heterocycles. The lowest BCUT2D eigenvalue weighted by molar-refractivity contribution is -0.123. The Morgan fingerprint density at radius 1 is 1.19 bits per heavy atom. The van der Waals surface area contributed by atoms with Gasteiger partial charge < -0.3 is 9.84 Å². The van der Waals surface area contributed by atoms with Crippen LogP contribution in [0.25, 0.3) is 6.08 Å². The molecule has 5 nitrogen and oxygen atoms in total. The first-order valence-corrected chi connectivity index (χ1v) is 9.13. The summed E-state index contributed by atoms with van der Waals surface area (Å²) < 4.78 is 5.34. The standard InChI is InChI=1S/C19H16ClNO4S/c1-2-25-15-5-3-4-13(17(15)22)10-16-18(23)21(19(24)26-16)11-12-6-8-14(20)9-7-12/h3-10,22H,2,11H2,1H3/b16-10+. The Bertz CT molecular complexity index is 880. The minimum atomic E-state index is -0.392. The Balaban J connectivity index is 1.83. The number of aromatic hydroxyl groups is 1. The van der Waals surface area contributed by atoms with Crippen LogP contribution < -0.4 is 4.74 Å². The topological polar surface area (TPSA) is 66.8 Å². The summed E-state index contributed by atoms with van der Waals surface area (Å²) in [5.74, 6) is -0.114. The number of hydrogen-bond donors (Lipinski definition) is 1. The van der Waals surface area contributed by atoms with Crippen molar-refractivity contribution in [2.24, 2.45) is 0 Å². The van der Waals surface area contributed by atoms with Crippen molar-refractivity contribution in [2.75, 3.05) is 6.61 Å². The van der Waals surface area contributed by atoms with E-state index in [0.717, 1.165) is 17.3 Å². The lowest BCUT2D eigenvalue weighted by atomic mass is 10.1. The Labute approximate surface area is 160 Å². The number of phenols is 1. The molecule has 1 aliphatic heterocycles. The van der Waals surface area contributed by atoms with Gasteiger partial charge in [-0.25, -0.2) is 0 Å². The molecule has 134 valence electrons. The summed E-state index contributed by atoms with van der Waals surface area (Å²) in [6.45, 7) is 2.40. The molecule has 0 bridgehead atoms. The number of phenolic OH excluding ortho intramolecular Hbond substituents is 1. The van der Waals surface area contributed by atoms with Crippen LogP contribution in [0.15, 0.2) is 47.4 Å². The van der Waals surface area contributed by atoms with Gasteiger partial charge >= 0.3 is 0 Å². The normalized spacial score (nSPS) is 15.8. The fourth-order valence-electron chi connectivity index (χ4n) is 2.48. The molecule has 1 fully saturated rings. The van der Waals surface area contributed by atoms with Crippen molar-refractivity contribution in [3.8, 4) is 11.5 Å². The van der Waals surface area contributed by atoms with Gasteiger partial charge in [0.15, 0.2) is 11.5 Å². The first-order chi connectivity index (χ1) is 12.5. The van der Waals surface area contributed by atoms with E-state index >= 15 is 0 Å². The van der Waals surface area contributed by atoms with Crippen molar-refractivity contribution in [2.45, 2.75) is 13.5 Å². The molecule has 2 amide bonds. The van der Waals surface area contributed by atoms with Gasteiger partial charge in [0.1, 0.15) is 0 Å². The van der Waals surface area contributed by atoms with E-state index in [9.17, 15) is 14.7 Å². The minimum Gasteiger partial charge on any atom is -0.504 e. The van der Waals surface area contributed by atoms with E-state index in [-0.39, 0.29) is 22.4 Å². The van der Waals surface area contributed by atoms with Gasteiger partial charge in [0.2, 0.25) is 0 Å². The quantitative estimate of drug-likeness (QED) is 0.752. The van der Waals surface area contributed by atoms with E-state index < -0.39 is 5.91 Å². The number of imide groups is 1. The number of nitrogens with zero attached hydrogens (tertiary/aromatic N) is 1. The third kappa shape index (κ3) is 3.86. The van der Waals surface area contributed by atoms with Crippen LogP contribution in [0.5, 0.6) is 11.5 Å². The van der Waals surface area contributed by atoms with Crippen molar-refractivity contribution in [3.63, 3.8) is 0 Å². The number of rotatable bonds is 5. The van der Waals surface area contributed by atoms with Crippen LogP contribution in [0.3, 0.4) is 0 Å². The van der Waals surface area contributed by atoms with Crippen LogP contribution in [0, 0.1) is 0 Å². The fraction of sp³-hybridized carbons (Fsp3) is 0.158. The van der Waals surface area contributed by atoms with E-state index in [1.165, 1.54) is 11.0 Å². The molecule has 1 aliphatic rings. The molecule has 0 aromatic heterocycles. The van der Waals surface area contributed by atoms with Gasteiger partial charge in [0.05, 0.1) is 18.1 Å². The van der Waals surface area contributed by atoms with Crippen LogP contribution in [-0.4, -0.2) is 27.8 Å². The lowest BCUT2D eigenvalue weighted by Crippen LogP contribution is -2.27. The van der Waals surface area contributed by atoms with Gasteiger partial charge in [0.25, 0.3) is 11.1 Å².